The SMILES string of the molecule is CC(C)CNC(=O)C(Cc1ccccc1)N(Cc1ccccc1Cl)C(=O)CSCc1ccc(Cl)c(Cl)c1. The average Bonchev–Trinajstić information content (AvgIpc) is 2.88. The lowest BCUT2D eigenvalue weighted by Gasteiger charge is -2.32. The van der Waals surface area contributed by atoms with E-state index in [1.165, 1.54) is 11.8 Å². The second-order valence-corrected chi connectivity index (χ2v) is 11.4. The molecule has 0 saturated carbocycles. The maximum atomic E-state index is 13.7. The summed E-state index contributed by atoms with van der Waals surface area (Å²) in [6, 6.07) is 21.9. The minimum absolute atomic E-state index is 0.134. The molecule has 1 unspecified atom stereocenters. The summed E-state index contributed by atoms with van der Waals surface area (Å²) in [5.41, 5.74) is 2.75. The predicted octanol–water partition coefficient (Wildman–Crippen LogP) is 7.29. The summed E-state index contributed by atoms with van der Waals surface area (Å²) in [6.45, 7) is 4.85. The van der Waals surface area contributed by atoms with Gasteiger partial charge < -0.3 is 10.2 Å². The first kappa shape index (κ1) is 29.4. The van der Waals surface area contributed by atoms with Crippen LogP contribution in [0.15, 0.2) is 72.8 Å². The highest BCUT2D eigenvalue weighted by atomic mass is 35.5. The number of carbonyl (C=O) groups is 2. The Hall–Kier alpha value is -2.18. The molecule has 3 rings (SSSR count). The van der Waals surface area contributed by atoms with Crippen molar-refractivity contribution in [1.82, 2.24) is 10.2 Å². The van der Waals surface area contributed by atoms with Crippen LogP contribution in [-0.4, -0.2) is 35.1 Å². The molecule has 4 nitrogen and oxygen atoms in total. The highest BCUT2D eigenvalue weighted by Gasteiger charge is 2.30. The van der Waals surface area contributed by atoms with Crippen molar-refractivity contribution in [2.24, 2.45) is 5.92 Å². The minimum atomic E-state index is -0.685. The quantitative estimate of drug-likeness (QED) is 0.246. The number of nitrogens with zero attached hydrogens (tertiary/aromatic N) is 1. The van der Waals surface area contributed by atoms with Crippen molar-refractivity contribution in [1.29, 1.82) is 0 Å². The maximum Gasteiger partial charge on any atom is 0.243 e. The van der Waals surface area contributed by atoms with Crippen molar-refractivity contribution in [3.8, 4) is 0 Å². The third-order valence-corrected chi connectivity index (χ3v) is 7.83. The van der Waals surface area contributed by atoms with Crippen LogP contribution in [0.4, 0.5) is 0 Å². The summed E-state index contributed by atoms with van der Waals surface area (Å²) in [5.74, 6) is 0.771. The van der Waals surface area contributed by atoms with Gasteiger partial charge in [-0.2, -0.15) is 0 Å². The van der Waals surface area contributed by atoms with Gasteiger partial charge in [0.1, 0.15) is 6.04 Å². The van der Waals surface area contributed by atoms with Crippen LogP contribution >= 0.6 is 46.6 Å². The van der Waals surface area contributed by atoms with Crippen molar-refractivity contribution in [2.45, 2.75) is 38.6 Å². The predicted molar refractivity (Wildman–Crippen MR) is 156 cm³/mol. The third kappa shape index (κ3) is 9.26. The van der Waals surface area contributed by atoms with Crippen LogP contribution < -0.4 is 5.32 Å². The Labute approximate surface area is 238 Å². The van der Waals surface area contributed by atoms with Gasteiger partial charge in [-0.3, -0.25) is 9.59 Å². The zero-order chi connectivity index (χ0) is 26.8. The fraction of sp³-hybridized carbons (Fsp3) is 0.310. The van der Waals surface area contributed by atoms with Crippen LogP contribution in [0, 0.1) is 5.92 Å². The largest absolute Gasteiger partial charge is 0.354 e. The first-order chi connectivity index (χ1) is 17.7. The number of benzene rings is 3. The molecule has 0 fully saturated rings. The minimum Gasteiger partial charge on any atom is -0.354 e. The van der Waals surface area contributed by atoms with E-state index in [2.05, 4.69) is 5.32 Å². The van der Waals surface area contributed by atoms with Gasteiger partial charge in [-0.15, -0.1) is 11.8 Å². The number of rotatable bonds is 12. The molecule has 0 spiro atoms. The number of hydrogen-bond acceptors (Lipinski definition) is 3. The van der Waals surface area contributed by atoms with Gasteiger partial charge in [-0.1, -0.05) is 103 Å². The zero-order valence-electron chi connectivity index (χ0n) is 20.9. The van der Waals surface area contributed by atoms with Gasteiger partial charge in [0.2, 0.25) is 11.8 Å². The fourth-order valence-electron chi connectivity index (χ4n) is 3.76. The molecule has 0 aromatic heterocycles. The molecule has 3 aromatic rings. The molecule has 0 radical (unpaired) electrons. The molecule has 3 aromatic carbocycles. The Bertz CT molecular complexity index is 1190. The van der Waals surface area contributed by atoms with E-state index < -0.39 is 6.04 Å². The first-order valence-electron chi connectivity index (χ1n) is 12.1. The molecule has 8 heteroatoms. The van der Waals surface area contributed by atoms with Crippen LogP contribution in [0.2, 0.25) is 15.1 Å². The van der Waals surface area contributed by atoms with E-state index in [1.54, 1.807) is 23.1 Å². The summed E-state index contributed by atoms with van der Waals surface area (Å²) in [5, 5.41) is 4.57. The van der Waals surface area contributed by atoms with E-state index in [9.17, 15) is 9.59 Å². The van der Waals surface area contributed by atoms with E-state index in [0.717, 1.165) is 16.7 Å². The second-order valence-electron chi connectivity index (χ2n) is 9.20. The molecular formula is C29H31Cl3N2O2S. The Morgan fingerprint density at radius 3 is 2.24 bits per heavy atom. The lowest BCUT2D eigenvalue weighted by molar-refractivity contribution is -0.139. The summed E-state index contributed by atoms with van der Waals surface area (Å²) in [4.78, 5) is 28.8. The van der Waals surface area contributed by atoms with Crippen LogP contribution in [-0.2, 0) is 28.3 Å². The van der Waals surface area contributed by atoms with Crippen molar-refractivity contribution in [3.05, 3.63) is 105 Å². The zero-order valence-corrected chi connectivity index (χ0v) is 24.0. The molecule has 37 heavy (non-hydrogen) atoms. The van der Waals surface area contributed by atoms with Gasteiger partial charge in [-0.25, -0.2) is 0 Å². The Morgan fingerprint density at radius 1 is 0.865 bits per heavy atom. The van der Waals surface area contributed by atoms with Crippen molar-refractivity contribution < 1.29 is 9.59 Å². The van der Waals surface area contributed by atoms with E-state index in [1.807, 2.05) is 68.4 Å². The topological polar surface area (TPSA) is 49.4 Å². The van der Waals surface area contributed by atoms with Gasteiger partial charge in [0.25, 0.3) is 0 Å². The molecule has 1 atom stereocenters. The normalized spacial score (nSPS) is 11.8. The van der Waals surface area contributed by atoms with Gasteiger partial charge in [-0.05, 0) is 40.8 Å². The van der Waals surface area contributed by atoms with Gasteiger partial charge in [0.05, 0.1) is 15.8 Å². The molecule has 196 valence electrons. The van der Waals surface area contributed by atoms with E-state index in [4.69, 9.17) is 34.8 Å². The molecule has 0 saturated heterocycles. The van der Waals surface area contributed by atoms with Crippen LogP contribution in [0.3, 0.4) is 0 Å². The number of hydrogen-bond donors (Lipinski definition) is 1. The number of carbonyl (C=O) groups excluding carboxylic acids is 2. The number of thioether (sulfide) groups is 1. The van der Waals surface area contributed by atoms with Crippen molar-refractivity contribution in [3.63, 3.8) is 0 Å². The molecule has 1 N–H and O–H groups in total. The summed E-state index contributed by atoms with van der Waals surface area (Å²) in [6.07, 6.45) is 0.401. The van der Waals surface area contributed by atoms with Gasteiger partial charge in [0.15, 0.2) is 0 Å². The highest BCUT2D eigenvalue weighted by Crippen LogP contribution is 2.26. The molecule has 0 aliphatic heterocycles. The second kappa shape index (κ2) is 14.7. The van der Waals surface area contributed by atoms with Crippen LogP contribution in [0.1, 0.15) is 30.5 Å². The Morgan fingerprint density at radius 2 is 1.57 bits per heavy atom. The molecule has 2 amide bonds. The van der Waals surface area contributed by atoms with E-state index in [-0.39, 0.29) is 30.0 Å². The first-order valence-corrected chi connectivity index (χ1v) is 14.4. The summed E-state index contributed by atoms with van der Waals surface area (Å²) in [7, 11) is 0. The molecule has 0 heterocycles. The maximum absolute atomic E-state index is 13.7. The summed E-state index contributed by atoms with van der Waals surface area (Å²) < 4.78 is 0. The van der Waals surface area contributed by atoms with Gasteiger partial charge in [0, 0.05) is 30.3 Å². The molecule has 0 bridgehead atoms. The fourth-order valence-corrected chi connectivity index (χ4v) is 5.13. The standard InChI is InChI=1S/C29H31Cl3N2O2S/c1-20(2)16-33-29(36)27(15-21-8-4-3-5-9-21)34(17-23-10-6-7-11-24(23)30)28(35)19-37-18-22-12-13-25(31)26(32)14-22/h3-14,20,27H,15-19H2,1-2H3,(H,33,36). The van der Waals surface area contributed by atoms with Crippen molar-refractivity contribution >= 4 is 58.4 Å². The van der Waals surface area contributed by atoms with Crippen LogP contribution in [0.25, 0.3) is 0 Å². The van der Waals surface area contributed by atoms with E-state index in [0.29, 0.717) is 33.8 Å². The molecule has 0 aliphatic rings. The lowest BCUT2D eigenvalue weighted by atomic mass is 10.0. The smallest absolute Gasteiger partial charge is 0.243 e. The number of amides is 2. The Balaban J connectivity index is 1.85. The third-order valence-electron chi connectivity index (χ3n) is 5.73. The number of nitrogens with one attached hydrogen (secondary N) is 1. The van der Waals surface area contributed by atoms with E-state index >= 15 is 0 Å². The molecular weight excluding hydrogens is 547 g/mol. The number of halogens is 3. The lowest BCUT2D eigenvalue weighted by Crippen LogP contribution is -2.51. The van der Waals surface area contributed by atoms with Crippen LogP contribution in [0.5, 0.6) is 0 Å². The Kier molecular flexibility index (Phi) is 11.7. The van der Waals surface area contributed by atoms with Crippen molar-refractivity contribution in [2.75, 3.05) is 12.3 Å². The monoisotopic (exact) mass is 576 g/mol. The summed E-state index contributed by atoms with van der Waals surface area (Å²) >= 11 is 20.1. The van der Waals surface area contributed by atoms with Gasteiger partial charge >= 0.3 is 0 Å². The highest BCUT2D eigenvalue weighted by molar-refractivity contribution is 7.99. The molecule has 0 aliphatic carbocycles. The average molecular weight is 578 g/mol.